The van der Waals surface area contributed by atoms with Gasteiger partial charge in [0, 0.05) is 26.2 Å². The number of fused-ring (bicyclic) bond motifs is 1. The first-order chi connectivity index (χ1) is 8.13. The fourth-order valence-electron chi connectivity index (χ4n) is 3.33. The van der Waals surface area contributed by atoms with Gasteiger partial charge in [-0.05, 0) is 33.1 Å². The Morgan fingerprint density at radius 3 is 2.94 bits per heavy atom. The van der Waals surface area contributed by atoms with Crippen LogP contribution in [0.1, 0.15) is 33.1 Å². The van der Waals surface area contributed by atoms with Crippen molar-refractivity contribution in [2.45, 2.75) is 56.9 Å². The van der Waals surface area contributed by atoms with Crippen molar-refractivity contribution in [2.75, 3.05) is 26.8 Å². The molecule has 2 N–H and O–H groups in total. The van der Waals surface area contributed by atoms with Gasteiger partial charge in [0.1, 0.15) is 0 Å². The highest BCUT2D eigenvalue weighted by molar-refractivity contribution is 5.01. The van der Waals surface area contributed by atoms with Crippen molar-refractivity contribution >= 4 is 0 Å². The fourth-order valence-corrected chi connectivity index (χ4v) is 3.33. The first-order valence-electron chi connectivity index (χ1n) is 6.74. The predicted octanol–water partition coefficient (Wildman–Crippen LogP) is 0.992. The van der Waals surface area contributed by atoms with Crippen LogP contribution < -0.4 is 5.73 Å². The van der Waals surface area contributed by atoms with Gasteiger partial charge in [0.15, 0.2) is 0 Å². The normalized spacial score (nSPS) is 35.3. The summed E-state index contributed by atoms with van der Waals surface area (Å²) in [6, 6.07) is 0.537. The molecular formula is C13H26N2O2. The van der Waals surface area contributed by atoms with Crippen molar-refractivity contribution in [2.24, 2.45) is 5.73 Å². The first-order valence-corrected chi connectivity index (χ1v) is 6.74. The molecule has 4 unspecified atom stereocenters. The number of nitrogens with zero attached hydrogens (tertiary/aromatic N) is 1. The van der Waals surface area contributed by atoms with Crippen LogP contribution in [0.2, 0.25) is 0 Å². The van der Waals surface area contributed by atoms with Crippen molar-refractivity contribution in [3.63, 3.8) is 0 Å². The molecule has 1 heterocycles. The minimum absolute atomic E-state index is 0.0776. The zero-order chi connectivity index (χ0) is 12.5. The highest BCUT2D eigenvalue weighted by atomic mass is 16.5. The van der Waals surface area contributed by atoms with Gasteiger partial charge in [-0.1, -0.05) is 0 Å². The Hall–Kier alpha value is -0.160. The van der Waals surface area contributed by atoms with Gasteiger partial charge >= 0.3 is 0 Å². The molecule has 4 heteroatoms. The summed E-state index contributed by atoms with van der Waals surface area (Å²) in [5.74, 6) is 0. The SMILES string of the molecule is COC(C)C(C)(CN)N1CCOC2CCCC21. The summed E-state index contributed by atoms with van der Waals surface area (Å²) >= 11 is 0. The van der Waals surface area contributed by atoms with E-state index in [9.17, 15) is 0 Å². The third-order valence-corrected chi connectivity index (χ3v) is 4.78. The summed E-state index contributed by atoms with van der Waals surface area (Å²) in [6.07, 6.45) is 4.26. The van der Waals surface area contributed by atoms with E-state index in [1.165, 1.54) is 19.3 Å². The molecule has 0 bridgehead atoms. The smallest absolute Gasteiger partial charge is 0.0736 e. The summed E-state index contributed by atoms with van der Waals surface area (Å²) in [4.78, 5) is 2.54. The van der Waals surface area contributed by atoms with Crippen molar-refractivity contribution < 1.29 is 9.47 Å². The first kappa shape index (κ1) is 13.3. The third-order valence-electron chi connectivity index (χ3n) is 4.78. The van der Waals surface area contributed by atoms with E-state index >= 15 is 0 Å². The van der Waals surface area contributed by atoms with Crippen LogP contribution >= 0.6 is 0 Å². The second-order valence-electron chi connectivity index (χ2n) is 5.54. The molecule has 0 radical (unpaired) electrons. The molecule has 4 nitrogen and oxygen atoms in total. The Labute approximate surface area is 104 Å². The summed E-state index contributed by atoms with van der Waals surface area (Å²) in [7, 11) is 1.77. The molecule has 0 amide bonds. The van der Waals surface area contributed by atoms with Crippen molar-refractivity contribution in [1.82, 2.24) is 4.90 Å². The number of hydrogen-bond acceptors (Lipinski definition) is 4. The van der Waals surface area contributed by atoms with Crippen molar-refractivity contribution in [1.29, 1.82) is 0 Å². The lowest BCUT2D eigenvalue weighted by Crippen LogP contribution is -2.66. The second-order valence-corrected chi connectivity index (χ2v) is 5.54. The molecule has 100 valence electrons. The van der Waals surface area contributed by atoms with Crippen LogP contribution in [-0.2, 0) is 9.47 Å². The van der Waals surface area contributed by atoms with E-state index in [1.807, 2.05) is 0 Å². The van der Waals surface area contributed by atoms with Crippen LogP contribution in [0.15, 0.2) is 0 Å². The molecule has 1 saturated carbocycles. The van der Waals surface area contributed by atoms with E-state index in [1.54, 1.807) is 7.11 Å². The molecule has 4 atom stereocenters. The Bertz CT molecular complexity index is 262. The number of morpholine rings is 1. The summed E-state index contributed by atoms with van der Waals surface area (Å²) < 4.78 is 11.4. The Morgan fingerprint density at radius 2 is 2.29 bits per heavy atom. The van der Waals surface area contributed by atoms with Gasteiger partial charge in [0.05, 0.1) is 24.4 Å². The maximum Gasteiger partial charge on any atom is 0.0736 e. The minimum atomic E-state index is -0.0776. The average Bonchev–Trinajstić information content (AvgIpc) is 2.84. The average molecular weight is 242 g/mol. The molecule has 0 spiro atoms. The van der Waals surface area contributed by atoms with Crippen LogP contribution in [0.3, 0.4) is 0 Å². The summed E-state index contributed by atoms with van der Waals surface area (Å²) in [5, 5.41) is 0. The van der Waals surface area contributed by atoms with Gasteiger partial charge in [-0.15, -0.1) is 0 Å². The molecule has 1 aliphatic carbocycles. The summed E-state index contributed by atoms with van der Waals surface area (Å²) in [5.41, 5.74) is 5.96. The maximum atomic E-state index is 6.03. The lowest BCUT2D eigenvalue weighted by Gasteiger charge is -2.50. The highest BCUT2D eigenvalue weighted by Crippen LogP contribution is 2.35. The quantitative estimate of drug-likeness (QED) is 0.799. The zero-order valence-electron chi connectivity index (χ0n) is 11.3. The van der Waals surface area contributed by atoms with E-state index in [2.05, 4.69) is 18.7 Å². The van der Waals surface area contributed by atoms with Gasteiger partial charge < -0.3 is 15.2 Å². The topological polar surface area (TPSA) is 47.7 Å². The molecule has 0 aromatic carbocycles. The molecule has 1 aliphatic heterocycles. The van der Waals surface area contributed by atoms with E-state index in [4.69, 9.17) is 15.2 Å². The number of hydrogen-bond donors (Lipinski definition) is 1. The zero-order valence-corrected chi connectivity index (χ0v) is 11.3. The summed E-state index contributed by atoms with van der Waals surface area (Å²) in [6.45, 7) is 6.77. The number of rotatable bonds is 4. The minimum Gasteiger partial charge on any atom is -0.380 e. The van der Waals surface area contributed by atoms with Gasteiger partial charge in [-0.3, -0.25) is 4.90 Å². The molecule has 2 fully saturated rings. The number of ether oxygens (including phenoxy) is 2. The largest absolute Gasteiger partial charge is 0.380 e. The molecular weight excluding hydrogens is 216 g/mol. The monoisotopic (exact) mass is 242 g/mol. The lowest BCUT2D eigenvalue weighted by atomic mass is 9.90. The van der Waals surface area contributed by atoms with E-state index in [0.717, 1.165) is 13.2 Å². The Kier molecular flexibility index (Phi) is 4.08. The predicted molar refractivity (Wildman–Crippen MR) is 68.0 cm³/mol. The molecule has 17 heavy (non-hydrogen) atoms. The molecule has 0 aromatic rings. The van der Waals surface area contributed by atoms with Gasteiger partial charge in [0.25, 0.3) is 0 Å². The van der Waals surface area contributed by atoms with Gasteiger partial charge in [-0.25, -0.2) is 0 Å². The second kappa shape index (κ2) is 5.22. The van der Waals surface area contributed by atoms with Crippen molar-refractivity contribution in [3.05, 3.63) is 0 Å². The standard InChI is InChI=1S/C13H26N2O2/c1-10(16-3)13(2,9-14)15-7-8-17-12-6-4-5-11(12)15/h10-12H,4-9,14H2,1-3H3. The van der Waals surface area contributed by atoms with Gasteiger partial charge in [0.2, 0.25) is 0 Å². The van der Waals surface area contributed by atoms with E-state index < -0.39 is 0 Å². The molecule has 2 rings (SSSR count). The number of methoxy groups -OCH3 is 1. The molecule has 1 saturated heterocycles. The van der Waals surface area contributed by atoms with E-state index in [-0.39, 0.29) is 11.6 Å². The fraction of sp³-hybridized carbons (Fsp3) is 1.00. The molecule has 0 aromatic heterocycles. The van der Waals surface area contributed by atoms with Crippen LogP contribution in [-0.4, -0.2) is 55.5 Å². The van der Waals surface area contributed by atoms with Crippen LogP contribution in [0, 0.1) is 0 Å². The maximum absolute atomic E-state index is 6.03. The Balaban J connectivity index is 2.17. The van der Waals surface area contributed by atoms with Crippen molar-refractivity contribution in [3.8, 4) is 0 Å². The van der Waals surface area contributed by atoms with Crippen LogP contribution in [0.4, 0.5) is 0 Å². The number of nitrogens with two attached hydrogens (primary N) is 1. The van der Waals surface area contributed by atoms with Gasteiger partial charge in [-0.2, -0.15) is 0 Å². The van der Waals surface area contributed by atoms with E-state index in [0.29, 0.717) is 18.7 Å². The van der Waals surface area contributed by atoms with Crippen LogP contribution in [0.25, 0.3) is 0 Å². The van der Waals surface area contributed by atoms with Crippen LogP contribution in [0.5, 0.6) is 0 Å². The highest BCUT2D eigenvalue weighted by Gasteiger charge is 2.46. The third kappa shape index (κ3) is 2.24. The lowest BCUT2D eigenvalue weighted by molar-refractivity contribution is -0.126. The molecule has 2 aliphatic rings. The Morgan fingerprint density at radius 1 is 1.53 bits per heavy atom.